The zero-order chi connectivity index (χ0) is 20.1. The first-order valence-corrected chi connectivity index (χ1v) is 9.53. The maximum atomic E-state index is 12.7. The van der Waals surface area contributed by atoms with E-state index in [4.69, 9.17) is 0 Å². The number of nitrogens with zero attached hydrogens (tertiary/aromatic N) is 5. The smallest absolute Gasteiger partial charge is 0.225 e. The summed E-state index contributed by atoms with van der Waals surface area (Å²) in [6, 6.07) is 13.5. The van der Waals surface area contributed by atoms with E-state index in [-0.39, 0.29) is 24.2 Å². The summed E-state index contributed by atoms with van der Waals surface area (Å²) in [7, 11) is 0. The second-order valence-electron chi connectivity index (χ2n) is 7.08. The highest BCUT2D eigenvalue weighted by Gasteiger charge is 2.34. The molecule has 148 valence electrons. The molecule has 2 amide bonds. The highest BCUT2D eigenvalue weighted by molar-refractivity contribution is 5.89. The van der Waals surface area contributed by atoms with Crippen LogP contribution in [-0.4, -0.2) is 43.0 Å². The van der Waals surface area contributed by atoms with E-state index in [1.54, 1.807) is 22.1 Å². The second kappa shape index (κ2) is 8.64. The Morgan fingerprint density at radius 2 is 1.93 bits per heavy atom. The molecule has 3 aromatic rings. The van der Waals surface area contributed by atoms with E-state index >= 15 is 0 Å². The molecule has 1 N–H and O–H groups in total. The number of amides is 2. The lowest BCUT2D eigenvalue weighted by Crippen LogP contribution is -2.32. The summed E-state index contributed by atoms with van der Waals surface area (Å²) in [6.45, 7) is 1.85. The Labute approximate surface area is 168 Å². The Bertz CT molecular complexity index is 974. The van der Waals surface area contributed by atoms with Gasteiger partial charge < -0.3 is 10.2 Å². The quantitative estimate of drug-likeness (QED) is 0.658. The molecule has 8 nitrogen and oxygen atoms in total. The number of likely N-dealkylation sites (tertiary alicyclic amines) is 1. The fourth-order valence-electron chi connectivity index (χ4n) is 3.49. The van der Waals surface area contributed by atoms with Crippen molar-refractivity contribution in [1.82, 2.24) is 30.0 Å². The highest BCUT2D eigenvalue weighted by Crippen LogP contribution is 2.20. The maximum Gasteiger partial charge on any atom is 0.225 e. The first kappa shape index (κ1) is 18.8. The summed E-state index contributed by atoms with van der Waals surface area (Å²) in [5.74, 6) is -0.450. The third kappa shape index (κ3) is 4.66. The summed E-state index contributed by atoms with van der Waals surface area (Å²) in [5.41, 5.74) is 2.91. The number of carbonyl (C=O) groups is 2. The molecular formula is C21H22N6O2. The normalized spacial score (nSPS) is 16.2. The van der Waals surface area contributed by atoms with Gasteiger partial charge in [0.25, 0.3) is 0 Å². The topological polar surface area (TPSA) is 93.0 Å². The van der Waals surface area contributed by atoms with Crippen LogP contribution in [0.15, 0.2) is 61.3 Å². The second-order valence-corrected chi connectivity index (χ2v) is 7.08. The standard InChI is InChI=1S/C21H22N6O2/c28-20-9-18(11-26(20)13-19-7-3-4-8-23-19)21(29)24-10-16-5-1-2-6-17(16)12-27-15-22-14-25-27/h1-8,14-15,18H,9-13H2,(H,24,29)/t18-/m1/s1. The third-order valence-corrected chi connectivity index (χ3v) is 5.03. The van der Waals surface area contributed by atoms with Crippen molar-refractivity contribution < 1.29 is 9.59 Å². The zero-order valence-corrected chi connectivity index (χ0v) is 15.9. The van der Waals surface area contributed by atoms with Gasteiger partial charge in [-0.15, -0.1) is 0 Å². The fourth-order valence-corrected chi connectivity index (χ4v) is 3.49. The van der Waals surface area contributed by atoms with Crippen LogP contribution in [0.4, 0.5) is 0 Å². The van der Waals surface area contributed by atoms with Crippen molar-refractivity contribution in [2.75, 3.05) is 6.54 Å². The number of aromatic nitrogens is 4. The number of benzene rings is 1. The van der Waals surface area contributed by atoms with Crippen molar-refractivity contribution in [3.8, 4) is 0 Å². The predicted molar refractivity (Wildman–Crippen MR) is 105 cm³/mol. The molecule has 1 atom stereocenters. The van der Waals surface area contributed by atoms with Gasteiger partial charge in [-0.3, -0.25) is 14.6 Å². The number of rotatable bonds is 7. The number of hydrogen-bond donors (Lipinski definition) is 1. The molecule has 1 aliphatic rings. The van der Waals surface area contributed by atoms with Crippen molar-refractivity contribution in [3.05, 3.63) is 78.1 Å². The Kier molecular flexibility index (Phi) is 5.60. The molecule has 0 spiro atoms. The van der Waals surface area contributed by atoms with Crippen molar-refractivity contribution in [1.29, 1.82) is 0 Å². The van der Waals surface area contributed by atoms with E-state index in [9.17, 15) is 9.59 Å². The van der Waals surface area contributed by atoms with Gasteiger partial charge >= 0.3 is 0 Å². The molecule has 0 radical (unpaired) electrons. The molecule has 0 unspecified atom stereocenters. The van der Waals surface area contributed by atoms with Crippen LogP contribution in [0.25, 0.3) is 0 Å². The monoisotopic (exact) mass is 390 g/mol. The molecule has 3 heterocycles. The molecule has 0 aliphatic carbocycles. The minimum atomic E-state index is -0.339. The van der Waals surface area contributed by atoms with Gasteiger partial charge in [-0.25, -0.2) is 9.67 Å². The van der Waals surface area contributed by atoms with E-state index < -0.39 is 0 Å². The molecule has 1 aliphatic heterocycles. The van der Waals surface area contributed by atoms with Gasteiger partial charge in [0.2, 0.25) is 11.8 Å². The highest BCUT2D eigenvalue weighted by atomic mass is 16.2. The van der Waals surface area contributed by atoms with Crippen LogP contribution in [0.2, 0.25) is 0 Å². The summed E-state index contributed by atoms with van der Waals surface area (Å²) in [5, 5.41) is 7.12. The third-order valence-electron chi connectivity index (χ3n) is 5.03. The Balaban J connectivity index is 1.34. The molecular weight excluding hydrogens is 368 g/mol. The molecule has 29 heavy (non-hydrogen) atoms. The Morgan fingerprint density at radius 1 is 1.10 bits per heavy atom. The summed E-state index contributed by atoms with van der Waals surface area (Å²) in [6.07, 6.45) is 5.10. The lowest BCUT2D eigenvalue weighted by atomic mass is 10.1. The van der Waals surface area contributed by atoms with Crippen LogP contribution in [0, 0.1) is 5.92 Å². The Hall–Kier alpha value is -3.55. The van der Waals surface area contributed by atoms with Crippen LogP contribution < -0.4 is 5.32 Å². The molecule has 1 fully saturated rings. The minimum absolute atomic E-state index is 0.0117. The molecule has 4 rings (SSSR count). The van der Waals surface area contributed by atoms with E-state index in [0.29, 0.717) is 26.2 Å². The molecule has 0 saturated carbocycles. The average molecular weight is 390 g/mol. The Morgan fingerprint density at radius 3 is 2.69 bits per heavy atom. The lowest BCUT2D eigenvalue weighted by Gasteiger charge is -2.16. The fraction of sp³-hybridized carbons (Fsp3) is 0.286. The number of nitrogens with one attached hydrogen (secondary N) is 1. The van der Waals surface area contributed by atoms with Gasteiger partial charge in [-0.1, -0.05) is 30.3 Å². The van der Waals surface area contributed by atoms with Crippen LogP contribution in [-0.2, 0) is 29.2 Å². The van der Waals surface area contributed by atoms with Gasteiger partial charge in [0.1, 0.15) is 12.7 Å². The van der Waals surface area contributed by atoms with Crippen molar-refractivity contribution in [2.24, 2.45) is 5.92 Å². The van der Waals surface area contributed by atoms with Gasteiger partial charge in [0.15, 0.2) is 0 Å². The molecule has 0 bridgehead atoms. The number of pyridine rings is 1. The lowest BCUT2D eigenvalue weighted by molar-refractivity contribution is -0.129. The van der Waals surface area contributed by atoms with Crippen LogP contribution in [0.1, 0.15) is 23.2 Å². The van der Waals surface area contributed by atoms with E-state index in [1.807, 2.05) is 42.5 Å². The number of hydrogen-bond acceptors (Lipinski definition) is 5. The van der Waals surface area contributed by atoms with Crippen molar-refractivity contribution >= 4 is 11.8 Å². The summed E-state index contributed by atoms with van der Waals surface area (Å²) >= 11 is 0. The SMILES string of the molecule is O=C(NCc1ccccc1Cn1cncn1)[C@@H]1CC(=O)N(Cc2ccccn2)C1. The van der Waals surface area contributed by atoms with Crippen LogP contribution in [0.3, 0.4) is 0 Å². The largest absolute Gasteiger partial charge is 0.352 e. The van der Waals surface area contributed by atoms with Gasteiger partial charge in [0, 0.05) is 25.7 Å². The van der Waals surface area contributed by atoms with Crippen molar-refractivity contribution in [3.63, 3.8) is 0 Å². The van der Waals surface area contributed by atoms with E-state index in [1.165, 1.54) is 6.33 Å². The summed E-state index contributed by atoms with van der Waals surface area (Å²) in [4.78, 5) is 34.9. The van der Waals surface area contributed by atoms with Gasteiger partial charge in [-0.05, 0) is 23.3 Å². The van der Waals surface area contributed by atoms with Crippen LogP contribution in [0.5, 0.6) is 0 Å². The number of carbonyl (C=O) groups excluding carboxylic acids is 2. The predicted octanol–water partition coefficient (Wildman–Crippen LogP) is 1.39. The maximum absolute atomic E-state index is 12.7. The van der Waals surface area contributed by atoms with Crippen molar-refractivity contribution in [2.45, 2.75) is 26.1 Å². The molecule has 2 aromatic heterocycles. The first-order chi connectivity index (χ1) is 14.2. The molecule has 8 heteroatoms. The first-order valence-electron chi connectivity index (χ1n) is 9.53. The molecule has 1 saturated heterocycles. The molecule has 1 aromatic carbocycles. The van der Waals surface area contributed by atoms with Gasteiger partial charge in [-0.2, -0.15) is 5.10 Å². The van der Waals surface area contributed by atoms with E-state index in [0.717, 1.165) is 16.8 Å². The average Bonchev–Trinajstić information content (AvgIpc) is 3.38. The van der Waals surface area contributed by atoms with Gasteiger partial charge in [0.05, 0.1) is 24.7 Å². The minimum Gasteiger partial charge on any atom is -0.352 e. The van der Waals surface area contributed by atoms with E-state index in [2.05, 4.69) is 20.4 Å². The summed E-state index contributed by atoms with van der Waals surface area (Å²) < 4.78 is 1.74. The zero-order valence-electron chi connectivity index (χ0n) is 15.9. The van der Waals surface area contributed by atoms with Crippen LogP contribution >= 0.6 is 0 Å².